The van der Waals surface area contributed by atoms with Crippen molar-refractivity contribution in [2.45, 2.75) is 45.4 Å². The first kappa shape index (κ1) is 18.6. The van der Waals surface area contributed by atoms with Gasteiger partial charge in [0, 0.05) is 19.6 Å². The van der Waals surface area contributed by atoms with E-state index in [1.54, 1.807) is 38.1 Å². The predicted octanol–water partition coefficient (Wildman–Crippen LogP) is 2.75. The molecule has 1 aromatic carbocycles. The van der Waals surface area contributed by atoms with Crippen LogP contribution in [-0.4, -0.2) is 37.7 Å². The van der Waals surface area contributed by atoms with E-state index < -0.39 is 15.4 Å². The third-order valence-electron chi connectivity index (χ3n) is 3.88. The highest BCUT2D eigenvalue weighted by molar-refractivity contribution is 7.87. The van der Waals surface area contributed by atoms with Crippen LogP contribution in [0.25, 0.3) is 0 Å². The van der Waals surface area contributed by atoms with E-state index in [9.17, 15) is 13.2 Å². The van der Waals surface area contributed by atoms with Gasteiger partial charge in [-0.2, -0.15) is 8.42 Å². The van der Waals surface area contributed by atoms with Crippen molar-refractivity contribution in [3.8, 4) is 5.75 Å². The fourth-order valence-corrected chi connectivity index (χ4v) is 2.77. The molecule has 0 unspecified atom stereocenters. The average molecular weight is 354 g/mol. The van der Waals surface area contributed by atoms with Gasteiger partial charge in [-0.3, -0.25) is 0 Å². The lowest BCUT2D eigenvalue weighted by Crippen LogP contribution is -2.40. The van der Waals surface area contributed by atoms with Crippen LogP contribution < -0.4 is 9.50 Å². The molecule has 6 nitrogen and oxygen atoms in total. The fourth-order valence-electron chi connectivity index (χ4n) is 2.20. The van der Waals surface area contributed by atoms with E-state index >= 15 is 0 Å². The Morgan fingerprint density at radius 2 is 1.92 bits per heavy atom. The van der Waals surface area contributed by atoms with E-state index in [0.717, 1.165) is 12.1 Å². The van der Waals surface area contributed by atoms with Crippen LogP contribution in [0.3, 0.4) is 0 Å². The molecule has 1 fully saturated rings. The van der Waals surface area contributed by atoms with E-state index in [0.29, 0.717) is 24.8 Å². The number of benzene rings is 1. The molecule has 24 heavy (non-hydrogen) atoms. The smallest absolute Gasteiger partial charge is 0.317 e. The highest BCUT2D eigenvalue weighted by Gasteiger charge is 2.26. The molecule has 2 amide bonds. The topological polar surface area (TPSA) is 75.7 Å². The molecule has 0 bridgehead atoms. The van der Waals surface area contributed by atoms with Gasteiger partial charge in [-0.1, -0.05) is 12.1 Å². The largest absolute Gasteiger partial charge is 0.382 e. The Morgan fingerprint density at radius 3 is 2.42 bits per heavy atom. The maximum atomic E-state index is 12.2. The van der Waals surface area contributed by atoms with Crippen LogP contribution in [0.1, 0.15) is 39.2 Å². The summed E-state index contributed by atoms with van der Waals surface area (Å²) in [5, 5.41) is 2.24. The second-order valence-electron chi connectivity index (χ2n) is 6.43. The number of hydrogen-bond donors (Lipinski definition) is 1. The molecule has 2 rings (SSSR count). The molecule has 0 aromatic heterocycles. The van der Waals surface area contributed by atoms with Crippen LogP contribution in [0.4, 0.5) is 4.79 Å². The molecule has 1 aliphatic carbocycles. The third kappa shape index (κ3) is 5.40. The Balaban J connectivity index is 2.01. The maximum Gasteiger partial charge on any atom is 0.317 e. The molecule has 0 atom stereocenters. The molecule has 134 valence electrons. The Labute approximate surface area is 144 Å². The molecule has 0 aliphatic heterocycles. The van der Waals surface area contributed by atoms with Crippen LogP contribution in [0, 0.1) is 5.92 Å². The first-order chi connectivity index (χ1) is 11.3. The summed E-state index contributed by atoms with van der Waals surface area (Å²) in [5.74, 6) is 0.894. The molecule has 0 radical (unpaired) electrons. The number of carbonyl (C=O) groups excluding carboxylic acids is 1. The number of urea groups is 1. The van der Waals surface area contributed by atoms with Crippen LogP contribution in [0.15, 0.2) is 24.3 Å². The van der Waals surface area contributed by atoms with E-state index in [4.69, 9.17) is 4.18 Å². The Bertz CT molecular complexity index is 652. The number of nitrogens with zero attached hydrogens (tertiary/aromatic N) is 1. The van der Waals surface area contributed by atoms with E-state index in [2.05, 4.69) is 5.32 Å². The summed E-state index contributed by atoms with van der Waals surface area (Å²) >= 11 is 0. The van der Waals surface area contributed by atoms with Gasteiger partial charge in [0.25, 0.3) is 0 Å². The van der Waals surface area contributed by atoms with Gasteiger partial charge in [-0.25, -0.2) is 4.79 Å². The third-order valence-corrected chi connectivity index (χ3v) is 5.46. The van der Waals surface area contributed by atoms with Crippen molar-refractivity contribution in [1.29, 1.82) is 0 Å². The predicted molar refractivity (Wildman–Crippen MR) is 93.3 cm³/mol. The van der Waals surface area contributed by atoms with Crippen LogP contribution in [0.2, 0.25) is 0 Å². The van der Waals surface area contributed by atoms with Crippen LogP contribution >= 0.6 is 0 Å². The fraction of sp³-hybridized carbons (Fsp3) is 0.588. The van der Waals surface area contributed by atoms with Gasteiger partial charge in [0.2, 0.25) is 0 Å². The number of hydrogen-bond acceptors (Lipinski definition) is 4. The van der Waals surface area contributed by atoms with E-state index in [-0.39, 0.29) is 6.03 Å². The van der Waals surface area contributed by atoms with Gasteiger partial charge in [0.05, 0.1) is 5.25 Å². The highest BCUT2D eigenvalue weighted by atomic mass is 32.2. The van der Waals surface area contributed by atoms with Crippen LogP contribution in [0.5, 0.6) is 5.75 Å². The number of rotatable bonds is 8. The van der Waals surface area contributed by atoms with Crippen molar-refractivity contribution in [2.75, 3.05) is 13.1 Å². The molecule has 1 aromatic rings. The van der Waals surface area contributed by atoms with Crippen molar-refractivity contribution < 1.29 is 17.4 Å². The monoisotopic (exact) mass is 354 g/mol. The van der Waals surface area contributed by atoms with Crippen molar-refractivity contribution >= 4 is 16.1 Å². The lowest BCUT2D eigenvalue weighted by molar-refractivity contribution is 0.193. The summed E-state index contributed by atoms with van der Waals surface area (Å²) in [6, 6.07) is 6.78. The molecule has 0 saturated heterocycles. The minimum atomic E-state index is -3.59. The van der Waals surface area contributed by atoms with Crippen molar-refractivity contribution in [2.24, 2.45) is 5.92 Å². The van der Waals surface area contributed by atoms with Gasteiger partial charge in [0.15, 0.2) is 0 Å². The quantitative estimate of drug-likeness (QED) is 0.728. The molecule has 0 heterocycles. The summed E-state index contributed by atoms with van der Waals surface area (Å²) in [6.45, 7) is 6.90. The number of carbonyl (C=O) groups is 1. The lowest BCUT2D eigenvalue weighted by atomic mass is 10.2. The zero-order chi connectivity index (χ0) is 17.7. The molecule has 0 spiro atoms. The molecule has 7 heteroatoms. The summed E-state index contributed by atoms with van der Waals surface area (Å²) in [7, 11) is -3.59. The van der Waals surface area contributed by atoms with Gasteiger partial charge in [-0.15, -0.1) is 0 Å². The van der Waals surface area contributed by atoms with E-state index in [1.165, 1.54) is 12.8 Å². The average Bonchev–Trinajstić information content (AvgIpc) is 3.32. The SMILES string of the molecule is CCNC(=O)N(Cc1ccc(OS(=O)(=O)C(C)C)cc1)CC1CC1. The summed E-state index contributed by atoms with van der Waals surface area (Å²) in [6.07, 6.45) is 2.35. The summed E-state index contributed by atoms with van der Waals surface area (Å²) in [5.41, 5.74) is 0.941. The maximum absolute atomic E-state index is 12.2. The van der Waals surface area contributed by atoms with Crippen molar-refractivity contribution in [1.82, 2.24) is 10.2 Å². The Hall–Kier alpha value is -1.76. The zero-order valence-corrected chi connectivity index (χ0v) is 15.3. The minimum absolute atomic E-state index is 0.0629. The minimum Gasteiger partial charge on any atom is -0.382 e. The van der Waals surface area contributed by atoms with Gasteiger partial charge < -0.3 is 14.4 Å². The van der Waals surface area contributed by atoms with Crippen molar-refractivity contribution in [3.63, 3.8) is 0 Å². The standard InChI is InChI=1S/C17H26N2O4S/c1-4-18-17(20)19(11-14-5-6-14)12-15-7-9-16(10-8-15)23-24(21,22)13(2)3/h7-10,13-14H,4-6,11-12H2,1-3H3,(H,18,20). The second-order valence-corrected chi connectivity index (χ2v) is 8.52. The first-order valence-electron chi connectivity index (χ1n) is 8.37. The lowest BCUT2D eigenvalue weighted by Gasteiger charge is -2.23. The summed E-state index contributed by atoms with van der Waals surface area (Å²) < 4.78 is 28.6. The first-order valence-corrected chi connectivity index (χ1v) is 9.84. The molecule has 1 saturated carbocycles. The number of nitrogens with one attached hydrogen (secondary N) is 1. The highest BCUT2D eigenvalue weighted by Crippen LogP contribution is 2.30. The van der Waals surface area contributed by atoms with Crippen molar-refractivity contribution in [3.05, 3.63) is 29.8 Å². The normalized spacial score (nSPS) is 14.5. The van der Waals surface area contributed by atoms with Crippen LogP contribution in [-0.2, 0) is 16.7 Å². The number of amides is 2. The second kappa shape index (κ2) is 7.88. The van der Waals surface area contributed by atoms with Gasteiger partial charge in [-0.05, 0) is 57.2 Å². The molecule has 1 N–H and O–H groups in total. The Morgan fingerprint density at radius 1 is 1.29 bits per heavy atom. The molecule has 1 aliphatic rings. The Kier molecular flexibility index (Phi) is 6.10. The molecular formula is C17H26N2O4S. The van der Waals surface area contributed by atoms with Gasteiger partial charge >= 0.3 is 16.1 Å². The van der Waals surface area contributed by atoms with E-state index in [1.807, 2.05) is 11.8 Å². The summed E-state index contributed by atoms with van der Waals surface area (Å²) in [4.78, 5) is 14.0. The van der Waals surface area contributed by atoms with Gasteiger partial charge in [0.1, 0.15) is 5.75 Å². The zero-order valence-electron chi connectivity index (χ0n) is 14.5. The molecular weight excluding hydrogens is 328 g/mol.